The standard InChI is InChI=1S/C24H42O3S.Na.H/c1-4-5-6-7-8-9-10-11-12-13-14-15-19-22-27-28(25,26)24(2,3)23-20-17-16-18-21-23;;/h16-18,20-21H,4-15,19,22H2,1-3H3;;. The molecule has 0 saturated carbocycles. The fourth-order valence-electron chi connectivity index (χ4n) is 3.42. The maximum absolute atomic E-state index is 12.5. The van der Waals surface area contributed by atoms with Crippen LogP contribution in [0.25, 0.3) is 0 Å². The van der Waals surface area contributed by atoms with Crippen molar-refractivity contribution in [2.75, 3.05) is 6.61 Å². The molecule has 0 aromatic heterocycles. The van der Waals surface area contributed by atoms with E-state index in [0.717, 1.165) is 18.4 Å². The van der Waals surface area contributed by atoms with Crippen molar-refractivity contribution < 1.29 is 12.6 Å². The second-order valence-corrected chi connectivity index (χ2v) is 10.6. The van der Waals surface area contributed by atoms with Crippen molar-refractivity contribution in [3.8, 4) is 0 Å². The summed E-state index contributed by atoms with van der Waals surface area (Å²) in [5.74, 6) is 0. The quantitative estimate of drug-likeness (QED) is 0.155. The van der Waals surface area contributed by atoms with Gasteiger partial charge in [-0.3, -0.25) is 4.18 Å². The third kappa shape index (κ3) is 11.9. The van der Waals surface area contributed by atoms with E-state index in [0.29, 0.717) is 0 Å². The van der Waals surface area contributed by atoms with Gasteiger partial charge in [-0.15, -0.1) is 0 Å². The molecule has 0 spiro atoms. The minimum absolute atomic E-state index is 0. The van der Waals surface area contributed by atoms with E-state index in [-0.39, 0.29) is 36.2 Å². The summed E-state index contributed by atoms with van der Waals surface area (Å²) < 4.78 is 29.4. The molecule has 0 bridgehead atoms. The zero-order valence-electron chi connectivity index (χ0n) is 18.4. The van der Waals surface area contributed by atoms with Crippen LogP contribution in [0.1, 0.15) is 110 Å². The monoisotopic (exact) mass is 434 g/mol. The summed E-state index contributed by atoms with van der Waals surface area (Å²) in [6.07, 6.45) is 16.5. The van der Waals surface area contributed by atoms with E-state index in [1.807, 2.05) is 30.3 Å². The molecule has 1 rings (SSSR count). The van der Waals surface area contributed by atoms with Gasteiger partial charge in [0.15, 0.2) is 0 Å². The number of hydrogen-bond acceptors (Lipinski definition) is 3. The van der Waals surface area contributed by atoms with Gasteiger partial charge in [-0.25, -0.2) is 0 Å². The fraction of sp³-hybridized carbons (Fsp3) is 0.750. The van der Waals surface area contributed by atoms with Crippen molar-refractivity contribution in [3.63, 3.8) is 0 Å². The Labute approximate surface area is 202 Å². The van der Waals surface area contributed by atoms with Crippen molar-refractivity contribution in [2.45, 2.75) is 109 Å². The van der Waals surface area contributed by atoms with Crippen LogP contribution in [0.2, 0.25) is 0 Å². The van der Waals surface area contributed by atoms with Crippen molar-refractivity contribution in [1.29, 1.82) is 0 Å². The topological polar surface area (TPSA) is 43.4 Å². The molecule has 29 heavy (non-hydrogen) atoms. The van der Waals surface area contributed by atoms with Gasteiger partial charge < -0.3 is 0 Å². The Kier molecular flexibility index (Phi) is 16.9. The van der Waals surface area contributed by atoms with Crippen LogP contribution in [0.3, 0.4) is 0 Å². The molecule has 164 valence electrons. The predicted octanol–water partition coefficient (Wildman–Crippen LogP) is 6.71. The number of hydrogen-bond donors (Lipinski definition) is 0. The molecule has 1 aromatic rings. The first-order chi connectivity index (χ1) is 13.4. The van der Waals surface area contributed by atoms with Crippen molar-refractivity contribution in [1.82, 2.24) is 0 Å². The van der Waals surface area contributed by atoms with Crippen LogP contribution in [0.4, 0.5) is 0 Å². The molecule has 1 aromatic carbocycles. The summed E-state index contributed by atoms with van der Waals surface area (Å²) in [5, 5.41) is 0. The molecule has 0 unspecified atom stereocenters. The molecule has 0 saturated heterocycles. The summed E-state index contributed by atoms with van der Waals surface area (Å²) in [6, 6.07) is 9.29. The Morgan fingerprint density at radius 1 is 0.724 bits per heavy atom. The zero-order valence-corrected chi connectivity index (χ0v) is 19.2. The summed E-state index contributed by atoms with van der Waals surface area (Å²) in [6.45, 7) is 5.97. The molecular formula is C24H43NaO3S. The van der Waals surface area contributed by atoms with Crippen LogP contribution in [0.5, 0.6) is 0 Å². The van der Waals surface area contributed by atoms with Gasteiger partial charge in [-0.1, -0.05) is 114 Å². The first-order valence-electron chi connectivity index (χ1n) is 11.4. The minimum atomic E-state index is -3.63. The van der Waals surface area contributed by atoms with E-state index in [1.54, 1.807) is 13.8 Å². The molecular weight excluding hydrogens is 391 g/mol. The molecule has 3 nitrogen and oxygen atoms in total. The number of benzene rings is 1. The molecule has 0 atom stereocenters. The van der Waals surface area contributed by atoms with Crippen LogP contribution in [-0.4, -0.2) is 44.6 Å². The third-order valence-electron chi connectivity index (χ3n) is 5.58. The van der Waals surface area contributed by atoms with Gasteiger partial charge in [-0.2, -0.15) is 8.42 Å². The average molecular weight is 435 g/mol. The van der Waals surface area contributed by atoms with Crippen molar-refractivity contribution in [2.24, 2.45) is 0 Å². The Balaban J connectivity index is 0.00000784. The molecule has 0 radical (unpaired) electrons. The molecule has 0 heterocycles. The van der Waals surface area contributed by atoms with Crippen LogP contribution in [0, 0.1) is 0 Å². The van der Waals surface area contributed by atoms with Gasteiger partial charge in [-0.05, 0) is 25.8 Å². The number of rotatable bonds is 17. The van der Waals surface area contributed by atoms with E-state index in [9.17, 15) is 8.42 Å². The molecule has 0 aliphatic heterocycles. The predicted molar refractivity (Wildman–Crippen MR) is 127 cm³/mol. The SMILES string of the molecule is CCCCCCCCCCCCCCCOS(=O)(=O)C(C)(C)c1ccccc1.[NaH]. The van der Waals surface area contributed by atoms with Crippen molar-refractivity contribution >= 4 is 39.7 Å². The second-order valence-electron chi connectivity index (χ2n) is 8.40. The first-order valence-corrected chi connectivity index (χ1v) is 12.8. The van der Waals surface area contributed by atoms with Crippen LogP contribution < -0.4 is 0 Å². The van der Waals surface area contributed by atoms with Crippen LogP contribution in [-0.2, 0) is 19.0 Å². The first kappa shape index (κ1) is 29.1. The van der Waals surface area contributed by atoms with Crippen molar-refractivity contribution in [3.05, 3.63) is 35.9 Å². The van der Waals surface area contributed by atoms with Gasteiger partial charge in [0.1, 0.15) is 4.75 Å². The normalized spacial score (nSPS) is 12.0. The molecule has 0 aliphatic carbocycles. The van der Waals surface area contributed by atoms with Gasteiger partial charge >= 0.3 is 29.6 Å². The van der Waals surface area contributed by atoms with E-state index in [2.05, 4.69) is 6.92 Å². The van der Waals surface area contributed by atoms with E-state index >= 15 is 0 Å². The summed E-state index contributed by atoms with van der Waals surface area (Å²) in [4.78, 5) is 0. The molecule has 0 aliphatic rings. The average Bonchev–Trinajstić information content (AvgIpc) is 2.68. The van der Waals surface area contributed by atoms with E-state index < -0.39 is 14.9 Å². The molecule has 0 amide bonds. The van der Waals surface area contributed by atoms with Gasteiger partial charge in [0.05, 0.1) is 6.61 Å². The van der Waals surface area contributed by atoms with E-state index in [4.69, 9.17) is 4.18 Å². The van der Waals surface area contributed by atoms with E-state index in [1.165, 1.54) is 70.6 Å². The number of unbranched alkanes of at least 4 members (excludes halogenated alkanes) is 12. The Hall–Kier alpha value is 0.130. The molecule has 0 N–H and O–H groups in total. The van der Waals surface area contributed by atoms with Crippen LogP contribution >= 0.6 is 0 Å². The Morgan fingerprint density at radius 2 is 1.14 bits per heavy atom. The fourth-order valence-corrected chi connectivity index (χ4v) is 4.48. The summed E-state index contributed by atoms with van der Waals surface area (Å²) >= 11 is 0. The van der Waals surface area contributed by atoms with Gasteiger partial charge in [0.25, 0.3) is 10.1 Å². The Morgan fingerprint density at radius 3 is 1.59 bits per heavy atom. The second kappa shape index (κ2) is 16.8. The Bertz CT molecular complexity index is 600. The van der Waals surface area contributed by atoms with Crippen LogP contribution in [0.15, 0.2) is 30.3 Å². The molecule has 5 heteroatoms. The maximum atomic E-state index is 12.5. The summed E-state index contributed by atoms with van der Waals surface area (Å²) in [7, 11) is -3.63. The van der Waals surface area contributed by atoms with Gasteiger partial charge in [0, 0.05) is 0 Å². The molecule has 0 fully saturated rings. The summed E-state index contributed by atoms with van der Waals surface area (Å²) in [5.41, 5.74) is 0.764. The zero-order chi connectivity index (χ0) is 20.7. The van der Waals surface area contributed by atoms with Gasteiger partial charge in [0.2, 0.25) is 0 Å². The third-order valence-corrected chi connectivity index (χ3v) is 7.54.